The van der Waals surface area contributed by atoms with E-state index in [1.165, 1.54) is 34.2 Å². The monoisotopic (exact) mass is 415 g/mol. The molecule has 0 saturated heterocycles. The molecule has 2 heterocycles. The number of rotatable bonds is 6. The van der Waals surface area contributed by atoms with E-state index in [0.717, 1.165) is 47.2 Å². The van der Waals surface area contributed by atoms with Crippen LogP contribution in [0.2, 0.25) is 0 Å². The summed E-state index contributed by atoms with van der Waals surface area (Å²) in [5.41, 5.74) is 3.69. The van der Waals surface area contributed by atoms with Crippen LogP contribution in [-0.2, 0) is 19.3 Å². The summed E-state index contributed by atoms with van der Waals surface area (Å²) in [4.78, 5) is 12.5. The van der Waals surface area contributed by atoms with Crippen LogP contribution < -0.4 is 10.1 Å². The van der Waals surface area contributed by atoms with Crippen LogP contribution in [0.15, 0.2) is 54.6 Å². The zero-order chi connectivity index (χ0) is 20.3. The molecule has 0 saturated carbocycles. The van der Waals surface area contributed by atoms with Crippen LogP contribution in [0, 0.1) is 0 Å². The van der Waals surface area contributed by atoms with Crippen LogP contribution in [0.1, 0.15) is 41.6 Å². The largest absolute Gasteiger partial charge is 0.494 e. The summed E-state index contributed by atoms with van der Waals surface area (Å²) in [5, 5.41) is 4.79. The number of benzene rings is 2. The Labute approximate surface area is 181 Å². The van der Waals surface area contributed by atoms with E-state index in [9.17, 15) is 0 Å². The average Bonchev–Trinajstić information content (AvgIpc) is 3.15. The molecule has 5 heteroatoms. The third kappa shape index (κ3) is 3.90. The first kappa shape index (κ1) is 19.1. The van der Waals surface area contributed by atoms with E-state index in [4.69, 9.17) is 14.7 Å². The second-order valence-corrected chi connectivity index (χ2v) is 8.71. The minimum absolute atomic E-state index is 0.670. The lowest BCUT2D eigenvalue weighted by molar-refractivity contribution is 0.340. The standard InChI is InChI=1S/C25H25N3OS/c1-2-29-19-14-12-18(13-15-19)26-24-23-20-10-6-7-11-21(20)30-25(23)28-22(27-24)16-17-8-4-3-5-9-17/h3-5,8-9,12-15H,2,6-7,10-11,16H2,1H3,(H,26,27,28). The Kier molecular flexibility index (Phi) is 5.37. The van der Waals surface area contributed by atoms with Crippen LogP contribution >= 0.6 is 11.3 Å². The van der Waals surface area contributed by atoms with Crippen molar-refractivity contribution in [1.29, 1.82) is 0 Å². The van der Waals surface area contributed by atoms with Crippen molar-refractivity contribution in [2.75, 3.05) is 11.9 Å². The van der Waals surface area contributed by atoms with Gasteiger partial charge in [0.05, 0.1) is 12.0 Å². The van der Waals surface area contributed by atoms with E-state index in [-0.39, 0.29) is 0 Å². The second kappa shape index (κ2) is 8.44. The fourth-order valence-corrected chi connectivity index (χ4v) is 5.37. The molecule has 1 aliphatic rings. The number of hydrogen-bond donors (Lipinski definition) is 1. The lowest BCUT2D eigenvalue weighted by Crippen LogP contribution is -2.04. The number of thiophene rings is 1. The first-order chi connectivity index (χ1) is 14.8. The predicted molar refractivity (Wildman–Crippen MR) is 124 cm³/mol. The van der Waals surface area contributed by atoms with Crippen molar-refractivity contribution in [2.45, 2.75) is 39.0 Å². The summed E-state index contributed by atoms with van der Waals surface area (Å²) in [6, 6.07) is 18.5. The normalized spacial score (nSPS) is 13.2. The van der Waals surface area contributed by atoms with Gasteiger partial charge in [0.15, 0.2) is 0 Å². The lowest BCUT2D eigenvalue weighted by atomic mass is 9.97. The molecule has 30 heavy (non-hydrogen) atoms. The number of ether oxygens (including phenoxy) is 1. The van der Waals surface area contributed by atoms with Gasteiger partial charge in [-0.3, -0.25) is 0 Å². The Hall–Kier alpha value is -2.92. The molecule has 0 amide bonds. The van der Waals surface area contributed by atoms with E-state index in [2.05, 4.69) is 41.7 Å². The van der Waals surface area contributed by atoms with Gasteiger partial charge >= 0.3 is 0 Å². The molecule has 2 aromatic carbocycles. The number of anilines is 2. The van der Waals surface area contributed by atoms with E-state index >= 15 is 0 Å². The highest BCUT2D eigenvalue weighted by atomic mass is 32.1. The molecule has 152 valence electrons. The number of nitrogens with one attached hydrogen (secondary N) is 1. The molecule has 0 spiro atoms. The Balaban J connectivity index is 1.55. The molecule has 0 aliphatic heterocycles. The van der Waals surface area contributed by atoms with Crippen LogP contribution in [0.25, 0.3) is 10.2 Å². The van der Waals surface area contributed by atoms with Crippen LogP contribution in [0.3, 0.4) is 0 Å². The van der Waals surface area contributed by atoms with Gasteiger partial charge in [0.25, 0.3) is 0 Å². The third-order valence-corrected chi connectivity index (χ3v) is 6.68. The van der Waals surface area contributed by atoms with Gasteiger partial charge in [0, 0.05) is 17.0 Å². The molecule has 0 atom stereocenters. The topological polar surface area (TPSA) is 47.0 Å². The Bertz CT molecular complexity index is 1150. The Morgan fingerprint density at radius 3 is 2.57 bits per heavy atom. The summed E-state index contributed by atoms with van der Waals surface area (Å²) in [7, 11) is 0. The lowest BCUT2D eigenvalue weighted by Gasteiger charge is -2.14. The number of nitrogens with zero attached hydrogens (tertiary/aromatic N) is 2. The van der Waals surface area contributed by atoms with Crippen LogP contribution in [0.5, 0.6) is 5.75 Å². The fourth-order valence-electron chi connectivity index (χ4n) is 4.09. The number of aromatic nitrogens is 2. The van der Waals surface area contributed by atoms with Crippen LogP contribution in [-0.4, -0.2) is 16.6 Å². The quantitative estimate of drug-likeness (QED) is 0.401. The zero-order valence-electron chi connectivity index (χ0n) is 17.1. The van der Waals surface area contributed by atoms with Gasteiger partial charge in [0.2, 0.25) is 0 Å². The van der Waals surface area contributed by atoms with Gasteiger partial charge in [0.1, 0.15) is 22.2 Å². The first-order valence-electron chi connectivity index (χ1n) is 10.6. The molecule has 1 N–H and O–H groups in total. The van der Waals surface area contributed by atoms with Crippen molar-refractivity contribution in [2.24, 2.45) is 0 Å². The summed E-state index contributed by atoms with van der Waals surface area (Å²) in [6.45, 7) is 2.67. The Morgan fingerprint density at radius 1 is 0.967 bits per heavy atom. The maximum absolute atomic E-state index is 5.58. The predicted octanol–water partition coefficient (Wildman–Crippen LogP) is 6.30. The van der Waals surface area contributed by atoms with Gasteiger partial charge in [-0.1, -0.05) is 30.3 Å². The molecule has 1 aliphatic carbocycles. The highest BCUT2D eigenvalue weighted by Crippen LogP contribution is 2.39. The molecule has 0 radical (unpaired) electrons. The van der Waals surface area contributed by atoms with Crippen molar-refractivity contribution in [3.63, 3.8) is 0 Å². The SMILES string of the molecule is CCOc1ccc(Nc2nc(Cc3ccccc3)nc3sc4c(c23)CCCC4)cc1. The van der Waals surface area contributed by atoms with Crippen molar-refractivity contribution in [3.05, 3.63) is 76.4 Å². The molecule has 4 nitrogen and oxygen atoms in total. The van der Waals surface area contributed by atoms with Gasteiger partial charge < -0.3 is 10.1 Å². The van der Waals surface area contributed by atoms with E-state index in [1.807, 2.05) is 36.5 Å². The maximum Gasteiger partial charge on any atom is 0.143 e. The van der Waals surface area contributed by atoms with Gasteiger partial charge in [-0.2, -0.15) is 0 Å². The summed E-state index contributed by atoms with van der Waals surface area (Å²) >= 11 is 1.85. The van der Waals surface area contributed by atoms with E-state index in [1.54, 1.807) is 0 Å². The summed E-state index contributed by atoms with van der Waals surface area (Å²) < 4.78 is 5.58. The van der Waals surface area contributed by atoms with Crippen LogP contribution in [0.4, 0.5) is 11.5 Å². The fraction of sp³-hybridized carbons (Fsp3) is 0.280. The van der Waals surface area contributed by atoms with Gasteiger partial charge in [-0.15, -0.1) is 11.3 Å². The summed E-state index contributed by atoms with van der Waals surface area (Å²) in [5.74, 6) is 2.67. The second-order valence-electron chi connectivity index (χ2n) is 7.62. The van der Waals surface area contributed by atoms with E-state index < -0.39 is 0 Å². The minimum atomic E-state index is 0.670. The molecule has 0 fully saturated rings. The van der Waals surface area contributed by atoms with E-state index in [0.29, 0.717) is 6.61 Å². The molecular weight excluding hydrogens is 390 g/mol. The highest BCUT2D eigenvalue weighted by Gasteiger charge is 2.21. The maximum atomic E-state index is 5.58. The van der Waals surface area contributed by atoms with Crippen molar-refractivity contribution < 1.29 is 4.74 Å². The van der Waals surface area contributed by atoms with Crippen molar-refractivity contribution >= 4 is 33.1 Å². The van der Waals surface area contributed by atoms with Gasteiger partial charge in [-0.25, -0.2) is 9.97 Å². The van der Waals surface area contributed by atoms with Crippen molar-refractivity contribution in [3.8, 4) is 5.75 Å². The summed E-state index contributed by atoms with van der Waals surface area (Å²) in [6.07, 6.45) is 5.53. The third-order valence-electron chi connectivity index (χ3n) is 5.49. The number of hydrogen-bond acceptors (Lipinski definition) is 5. The highest BCUT2D eigenvalue weighted by molar-refractivity contribution is 7.19. The number of fused-ring (bicyclic) bond motifs is 3. The van der Waals surface area contributed by atoms with Gasteiger partial charge in [-0.05, 0) is 68.0 Å². The molecule has 4 aromatic rings. The average molecular weight is 416 g/mol. The zero-order valence-corrected chi connectivity index (χ0v) is 18.0. The van der Waals surface area contributed by atoms with Crippen molar-refractivity contribution in [1.82, 2.24) is 9.97 Å². The Morgan fingerprint density at radius 2 is 1.77 bits per heavy atom. The number of aryl methyl sites for hydroxylation is 2. The molecular formula is C25H25N3OS. The molecule has 5 rings (SSSR count). The molecule has 0 bridgehead atoms. The minimum Gasteiger partial charge on any atom is -0.494 e. The molecule has 0 unspecified atom stereocenters. The molecule has 2 aromatic heterocycles. The first-order valence-corrected chi connectivity index (χ1v) is 11.5. The smallest absolute Gasteiger partial charge is 0.143 e.